The number of nitrogens with one attached hydrogen (secondary N) is 1. The van der Waals surface area contributed by atoms with Crippen molar-refractivity contribution >= 4 is 10.8 Å². The van der Waals surface area contributed by atoms with Gasteiger partial charge in [-0.3, -0.25) is 4.21 Å². The van der Waals surface area contributed by atoms with Gasteiger partial charge in [0.05, 0.1) is 6.10 Å². The molecule has 1 rings (SSSR count). The minimum atomic E-state index is -0.769. The standard InChI is InChI=1S/C16H27NO2S/c1-5-11-17-16(12-20(18)6-2)14-7-9-15(10-8-14)19-13(3)4/h7-10,13,16-17H,5-6,11-12H2,1-4H3. The Morgan fingerprint density at radius 2 is 1.85 bits per heavy atom. The number of hydrogen-bond donors (Lipinski definition) is 1. The zero-order chi connectivity index (χ0) is 15.0. The summed E-state index contributed by atoms with van der Waals surface area (Å²) in [6.45, 7) is 9.08. The van der Waals surface area contributed by atoms with Gasteiger partial charge < -0.3 is 10.1 Å². The first-order valence-electron chi connectivity index (χ1n) is 7.41. The average Bonchev–Trinajstić information content (AvgIpc) is 2.43. The molecule has 0 aliphatic carbocycles. The number of benzene rings is 1. The highest BCUT2D eigenvalue weighted by atomic mass is 32.2. The van der Waals surface area contributed by atoms with Gasteiger partial charge in [-0.25, -0.2) is 0 Å². The van der Waals surface area contributed by atoms with Gasteiger partial charge in [-0.1, -0.05) is 26.0 Å². The van der Waals surface area contributed by atoms with Gasteiger partial charge in [0.1, 0.15) is 5.75 Å². The maximum Gasteiger partial charge on any atom is 0.119 e. The molecule has 0 saturated carbocycles. The Hall–Kier alpha value is -0.870. The van der Waals surface area contributed by atoms with E-state index in [1.807, 2.05) is 32.9 Å². The first-order valence-corrected chi connectivity index (χ1v) is 8.90. The highest BCUT2D eigenvalue weighted by Gasteiger charge is 2.13. The maximum atomic E-state index is 11.8. The fourth-order valence-electron chi connectivity index (χ4n) is 1.95. The second-order valence-electron chi connectivity index (χ2n) is 5.14. The van der Waals surface area contributed by atoms with Gasteiger partial charge in [-0.2, -0.15) is 0 Å². The normalized spacial score (nSPS) is 14.2. The highest BCUT2D eigenvalue weighted by molar-refractivity contribution is 7.84. The predicted octanol–water partition coefficient (Wildman–Crippen LogP) is 3.28. The lowest BCUT2D eigenvalue weighted by Crippen LogP contribution is -2.27. The quantitative estimate of drug-likeness (QED) is 0.760. The number of hydrogen-bond acceptors (Lipinski definition) is 3. The van der Waals surface area contributed by atoms with Crippen molar-refractivity contribution in [2.45, 2.75) is 46.3 Å². The molecule has 20 heavy (non-hydrogen) atoms. The SMILES string of the molecule is CCCNC(CS(=O)CC)c1ccc(OC(C)C)cc1. The summed E-state index contributed by atoms with van der Waals surface area (Å²) in [6.07, 6.45) is 1.26. The Balaban J connectivity index is 2.76. The molecule has 0 spiro atoms. The fourth-order valence-corrected chi connectivity index (χ4v) is 2.86. The van der Waals surface area contributed by atoms with Crippen LogP contribution >= 0.6 is 0 Å². The summed E-state index contributed by atoms with van der Waals surface area (Å²) in [7, 11) is -0.769. The fraction of sp³-hybridized carbons (Fsp3) is 0.625. The van der Waals surface area contributed by atoms with Gasteiger partial charge in [0.15, 0.2) is 0 Å². The van der Waals surface area contributed by atoms with E-state index < -0.39 is 10.8 Å². The van der Waals surface area contributed by atoms with Crippen LogP contribution in [-0.4, -0.2) is 28.4 Å². The van der Waals surface area contributed by atoms with Crippen molar-refractivity contribution in [3.05, 3.63) is 29.8 Å². The van der Waals surface area contributed by atoms with E-state index in [4.69, 9.17) is 4.74 Å². The van der Waals surface area contributed by atoms with Crippen molar-refractivity contribution in [2.24, 2.45) is 0 Å². The van der Waals surface area contributed by atoms with Crippen molar-refractivity contribution < 1.29 is 8.95 Å². The molecule has 1 N–H and O–H groups in total. The summed E-state index contributed by atoms with van der Waals surface area (Å²) >= 11 is 0. The minimum absolute atomic E-state index is 0.156. The van der Waals surface area contributed by atoms with Crippen LogP contribution in [0.2, 0.25) is 0 Å². The monoisotopic (exact) mass is 297 g/mol. The largest absolute Gasteiger partial charge is 0.491 e. The molecule has 1 aromatic rings. The van der Waals surface area contributed by atoms with E-state index in [1.54, 1.807) is 0 Å². The van der Waals surface area contributed by atoms with E-state index in [1.165, 1.54) is 5.56 Å². The third-order valence-corrected chi connectivity index (χ3v) is 4.32. The Morgan fingerprint density at radius 3 is 2.35 bits per heavy atom. The van der Waals surface area contributed by atoms with Crippen LogP contribution < -0.4 is 10.1 Å². The molecule has 0 aliphatic rings. The highest BCUT2D eigenvalue weighted by Crippen LogP contribution is 2.19. The van der Waals surface area contributed by atoms with E-state index in [9.17, 15) is 4.21 Å². The van der Waals surface area contributed by atoms with Gasteiger partial charge in [-0.05, 0) is 44.5 Å². The lowest BCUT2D eigenvalue weighted by atomic mass is 10.1. The Kier molecular flexibility index (Phi) is 7.85. The Labute approximate surface area is 125 Å². The topological polar surface area (TPSA) is 38.3 Å². The Morgan fingerprint density at radius 1 is 1.20 bits per heavy atom. The third-order valence-electron chi connectivity index (χ3n) is 2.97. The molecule has 0 aromatic heterocycles. The molecule has 0 radical (unpaired) electrons. The van der Waals surface area contributed by atoms with E-state index in [-0.39, 0.29) is 12.1 Å². The number of ether oxygens (including phenoxy) is 1. The zero-order valence-electron chi connectivity index (χ0n) is 13.0. The van der Waals surface area contributed by atoms with Crippen molar-refractivity contribution in [1.29, 1.82) is 0 Å². The van der Waals surface area contributed by atoms with Crippen molar-refractivity contribution in [2.75, 3.05) is 18.1 Å². The zero-order valence-corrected chi connectivity index (χ0v) is 13.8. The van der Waals surface area contributed by atoms with Crippen LogP contribution in [0.1, 0.15) is 45.7 Å². The maximum absolute atomic E-state index is 11.8. The molecule has 0 fully saturated rings. The molecule has 2 unspecified atom stereocenters. The van der Waals surface area contributed by atoms with Crippen molar-refractivity contribution in [3.8, 4) is 5.75 Å². The lowest BCUT2D eigenvalue weighted by Gasteiger charge is -2.19. The van der Waals surface area contributed by atoms with Gasteiger partial charge >= 0.3 is 0 Å². The molecule has 0 bridgehead atoms. The first-order chi connectivity index (χ1) is 9.56. The van der Waals surface area contributed by atoms with Crippen LogP contribution in [0, 0.1) is 0 Å². The van der Waals surface area contributed by atoms with E-state index in [0.717, 1.165) is 18.7 Å². The average molecular weight is 297 g/mol. The molecule has 3 nitrogen and oxygen atoms in total. The van der Waals surface area contributed by atoms with Gasteiger partial charge in [0, 0.05) is 28.3 Å². The molecule has 2 atom stereocenters. The van der Waals surface area contributed by atoms with Gasteiger partial charge in [0.25, 0.3) is 0 Å². The Bertz CT molecular complexity index is 403. The van der Waals surface area contributed by atoms with Crippen LogP contribution in [0.3, 0.4) is 0 Å². The molecule has 0 amide bonds. The summed E-state index contributed by atoms with van der Waals surface area (Å²) < 4.78 is 17.5. The second-order valence-corrected chi connectivity index (χ2v) is 6.93. The van der Waals surface area contributed by atoms with Crippen LogP contribution in [0.15, 0.2) is 24.3 Å². The molecule has 0 saturated heterocycles. The summed E-state index contributed by atoms with van der Waals surface area (Å²) in [5, 5.41) is 3.48. The molecule has 0 heterocycles. The predicted molar refractivity (Wildman–Crippen MR) is 86.8 cm³/mol. The van der Waals surface area contributed by atoms with E-state index >= 15 is 0 Å². The summed E-state index contributed by atoms with van der Waals surface area (Å²) in [6, 6.07) is 8.27. The molecule has 114 valence electrons. The van der Waals surface area contributed by atoms with Crippen LogP contribution in [0.5, 0.6) is 5.75 Å². The minimum Gasteiger partial charge on any atom is -0.491 e. The van der Waals surface area contributed by atoms with Gasteiger partial charge in [-0.15, -0.1) is 0 Å². The summed E-state index contributed by atoms with van der Waals surface area (Å²) in [5.41, 5.74) is 1.18. The van der Waals surface area contributed by atoms with Crippen LogP contribution in [-0.2, 0) is 10.8 Å². The third kappa shape index (κ3) is 6.06. The summed E-state index contributed by atoms with van der Waals surface area (Å²) in [4.78, 5) is 0. The van der Waals surface area contributed by atoms with Crippen molar-refractivity contribution in [1.82, 2.24) is 5.32 Å². The summed E-state index contributed by atoms with van der Waals surface area (Å²) in [5.74, 6) is 2.26. The molecule has 1 aromatic carbocycles. The second kappa shape index (κ2) is 9.14. The van der Waals surface area contributed by atoms with E-state index in [2.05, 4.69) is 24.4 Å². The lowest BCUT2D eigenvalue weighted by molar-refractivity contribution is 0.242. The van der Waals surface area contributed by atoms with E-state index in [0.29, 0.717) is 11.5 Å². The smallest absolute Gasteiger partial charge is 0.119 e. The molecular weight excluding hydrogens is 270 g/mol. The molecule has 0 aliphatic heterocycles. The molecular formula is C16H27NO2S. The van der Waals surface area contributed by atoms with Gasteiger partial charge in [0.2, 0.25) is 0 Å². The first kappa shape index (κ1) is 17.2. The van der Waals surface area contributed by atoms with Crippen molar-refractivity contribution in [3.63, 3.8) is 0 Å². The van der Waals surface area contributed by atoms with Crippen LogP contribution in [0.4, 0.5) is 0 Å². The number of rotatable bonds is 9. The molecule has 4 heteroatoms. The van der Waals surface area contributed by atoms with Crippen LogP contribution in [0.25, 0.3) is 0 Å².